The number of amides is 1. The molecule has 24 heavy (non-hydrogen) atoms. The summed E-state index contributed by atoms with van der Waals surface area (Å²) in [7, 11) is 0. The highest BCUT2D eigenvalue weighted by Gasteiger charge is 2.43. The minimum Gasteiger partial charge on any atom is -0.509 e. The molecule has 1 aromatic rings. The molecule has 3 rings (SSSR count). The molecule has 2 aliphatic rings. The lowest BCUT2D eigenvalue weighted by Gasteiger charge is -2.39. The van der Waals surface area contributed by atoms with Gasteiger partial charge in [0.25, 0.3) is 5.91 Å². The Bertz CT molecular complexity index is 678. The van der Waals surface area contributed by atoms with Crippen LogP contribution in [0.3, 0.4) is 0 Å². The first-order chi connectivity index (χ1) is 11.5. The number of nitrogens with zero attached hydrogens (tertiary/aromatic N) is 1. The van der Waals surface area contributed by atoms with Gasteiger partial charge in [-0.05, 0) is 55.4 Å². The van der Waals surface area contributed by atoms with Gasteiger partial charge in [-0.1, -0.05) is 31.4 Å². The number of allylic oxidation sites excluding steroid dienone is 1. The number of aliphatic hydroxyl groups is 1. The van der Waals surface area contributed by atoms with E-state index in [2.05, 4.69) is 13.2 Å². The Morgan fingerprint density at radius 1 is 1.21 bits per heavy atom. The van der Waals surface area contributed by atoms with Crippen LogP contribution in [0.4, 0.5) is 4.39 Å². The highest BCUT2D eigenvalue weighted by molar-refractivity contribution is 5.97. The lowest BCUT2D eigenvalue weighted by atomic mass is 9.84. The van der Waals surface area contributed by atoms with Crippen LogP contribution in [0, 0.1) is 5.82 Å². The summed E-state index contributed by atoms with van der Waals surface area (Å²) in [5, 5.41) is 9.34. The van der Waals surface area contributed by atoms with Crippen LogP contribution in [0.15, 0.2) is 60.9 Å². The lowest BCUT2D eigenvalue weighted by Crippen LogP contribution is -2.46. The van der Waals surface area contributed by atoms with Crippen LogP contribution < -0.4 is 0 Å². The number of rotatable bonds is 4. The third kappa shape index (κ3) is 3.14. The van der Waals surface area contributed by atoms with Crippen molar-refractivity contribution in [3.05, 3.63) is 72.3 Å². The second-order valence-corrected chi connectivity index (χ2v) is 6.61. The summed E-state index contributed by atoms with van der Waals surface area (Å²) in [6.07, 6.45) is 6.57. The average Bonchev–Trinajstić information content (AvgIpc) is 2.82. The molecule has 0 aliphatic carbocycles. The summed E-state index contributed by atoms with van der Waals surface area (Å²) in [5.74, 6) is -0.104. The van der Waals surface area contributed by atoms with Crippen LogP contribution in [0.2, 0.25) is 0 Å². The van der Waals surface area contributed by atoms with Crippen LogP contribution in [0.5, 0.6) is 0 Å². The Balaban J connectivity index is 1.78. The zero-order valence-electron chi connectivity index (χ0n) is 13.6. The summed E-state index contributed by atoms with van der Waals surface area (Å²) in [5.41, 5.74) is 1.52. The van der Waals surface area contributed by atoms with Gasteiger partial charge in [0, 0.05) is 17.7 Å². The fourth-order valence-corrected chi connectivity index (χ4v) is 4.05. The van der Waals surface area contributed by atoms with Gasteiger partial charge in [0.1, 0.15) is 11.6 Å². The molecule has 2 unspecified atom stereocenters. The van der Waals surface area contributed by atoms with Crippen LogP contribution in [0.1, 0.15) is 37.2 Å². The Kier molecular flexibility index (Phi) is 4.56. The number of aliphatic hydroxyl groups excluding tert-OH is 1. The second-order valence-electron chi connectivity index (χ2n) is 6.61. The second kappa shape index (κ2) is 6.63. The predicted octanol–water partition coefficient (Wildman–Crippen LogP) is 4.25. The average molecular weight is 327 g/mol. The van der Waals surface area contributed by atoms with Crippen molar-refractivity contribution in [2.24, 2.45) is 0 Å². The molecule has 2 heterocycles. The van der Waals surface area contributed by atoms with E-state index in [9.17, 15) is 14.3 Å². The Labute approximate surface area is 141 Å². The van der Waals surface area contributed by atoms with Gasteiger partial charge >= 0.3 is 0 Å². The van der Waals surface area contributed by atoms with Gasteiger partial charge in [0.05, 0.1) is 0 Å². The van der Waals surface area contributed by atoms with E-state index in [-0.39, 0.29) is 29.6 Å². The SMILES string of the molecule is C=C/C(=C\C(=C)O)C(=O)N1C2CCC1CC(c1ccc(F)cc1)C2. The molecule has 0 radical (unpaired) electrons. The van der Waals surface area contributed by atoms with Gasteiger partial charge in [-0.25, -0.2) is 4.39 Å². The Morgan fingerprint density at radius 3 is 2.29 bits per heavy atom. The molecule has 2 fully saturated rings. The van der Waals surface area contributed by atoms with E-state index in [0.717, 1.165) is 31.2 Å². The maximum Gasteiger partial charge on any atom is 0.254 e. The van der Waals surface area contributed by atoms with Crippen molar-refractivity contribution < 1.29 is 14.3 Å². The Hall–Kier alpha value is -2.36. The smallest absolute Gasteiger partial charge is 0.254 e. The zero-order valence-corrected chi connectivity index (χ0v) is 13.6. The van der Waals surface area contributed by atoms with Crippen LogP contribution in [0.25, 0.3) is 0 Å². The topological polar surface area (TPSA) is 40.5 Å². The molecular formula is C20H22FNO2. The normalized spacial score (nSPS) is 26.3. The fourth-order valence-electron chi connectivity index (χ4n) is 4.05. The van der Waals surface area contributed by atoms with Crippen molar-refractivity contribution in [1.29, 1.82) is 0 Å². The van der Waals surface area contributed by atoms with Gasteiger partial charge in [-0.3, -0.25) is 4.79 Å². The molecule has 0 spiro atoms. The molecular weight excluding hydrogens is 305 g/mol. The van der Waals surface area contributed by atoms with E-state index in [1.807, 2.05) is 17.0 Å². The largest absolute Gasteiger partial charge is 0.509 e. The minimum atomic E-state index is -0.223. The van der Waals surface area contributed by atoms with E-state index in [1.54, 1.807) is 0 Å². The summed E-state index contributed by atoms with van der Waals surface area (Å²) >= 11 is 0. The standard InChI is InChI=1S/C20H22FNO2/c1-3-14(10-13(2)23)20(24)22-18-8-9-19(22)12-16(11-18)15-4-6-17(21)7-5-15/h3-7,10,16,18-19,23H,1-2,8-9,11-12H2/b14-10+. The molecule has 2 aliphatic heterocycles. The third-order valence-electron chi connectivity index (χ3n) is 5.10. The quantitative estimate of drug-likeness (QED) is 0.510. The maximum atomic E-state index is 13.1. The highest BCUT2D eigenvalue weighted by Crippen LogP contribution is 2.43. The van der Waals surface area contributed by atoms with Gasteiger partial charge < -0.3 is 10.0 Å². The van der Waals surface area contributed by atoms with Crippen LogP contribution in [-0.4, -0.2) is 28.0 Å². The van der Waals surface area contributed by atoms with Gasteiger partial charge in [-0.2, -0.15) is 0 Å². The minimum absolute atomic E-state index is 0.0924. The van der Waals surface area contributed by atoms with Crippen molar-refractivity contribution in [2.75, 3.05) is 0 Å². The van der Waals surface area contributed by atoms with E-state index < -0.39 is 0 Å². The van der Waals surface area contributed by atoms with Crippen molar-refractivity contribution >= 4 is 5.91 Å². The molecule has 1 amide bonds. The molecule has 1 N–H and O–H groups in total. The number of halogens is 1. The van der Waals surface area contributed by atoms with Crippen molar-refractivity contribution in [2.45, 2.75) is 43.7 Å². The first-order valence-electron chi connectivity index (χ1n) is 8.29. The number of hydrogen-bond acceptors (Lipinski definition) is 2. The number of carbonyl (C=O) groups is 1. The Morgan fingerprint density at radius 2 is 1.79 bits per heavy atom. The van der Waals surface area contributed by atoms with Crippen LogP contribution in [-0.2, 0) is 4.79 Å². The van der Waals surface area contributed by atoms with Gasteiger partial charge in [0.15, 0.2) is 0 Å². The van der Waals surface area contributed by atoms with Gasteiger partial charge in [-0.15, -0.1) is 0 Å². The molecule has 2 saturated heterocycles. The summed E-state index contributed by atoms with van der Waals surface area (Å²) < 4.78 is 13.1. The van der Waals surface area contributed by atoms with Crippen molar-refractivity contribution in [3.63, 3.8) is 0 Å². The van der Waals surface area contributed by atoms with Crippen molar-refractivity contribution in [1.82, 2.24) is 4.90 Å². The predicted molar refractivity (Wildman–Crippen MR) is 92.1 cm³/mol. The third-order valence-corrected chi connectivity index (χ3v) is 5.10. The summed E-state index contributed by atoms with van der Waals surface area (Å²) in [6.45, 7) is 7.08. The number of carbonyl (C=O) groups excluding carboxylic acids is 1. The molecule has 3 nitrogen and oxygen atoms in total. The van der Waals surface area contributed by atoms with E-state index in [4.69, 9.17) is 0 Å². The molecule has 1 aromatic carbocycles. The molecule has 2 atom stereocenters. The van der Waals surface area contributed by atoms with Crippen molar-refractivity contribution in [3.8, 4) is 0 Å². The molecule has 2 bridgehead atoms. The number of fused-ring (bicyclic) bond motifs is 2. The summed E-state index contributed by atoms with van der Waals surface area (Å²) in [6, 6.07) is 7.06. The molecule has 0 saturated carbocycles. The first-order valence-corrected chi connectivity index (χ1v) is 8.29. The monoisotopic (exact) mass is 327 g/mol. The van der Waals surface area contributed by atoms with Crippen LogP contribution >= 0.6 is 0 Å². The van der Waals surface area contributed by atoms with E-state index >= 15 is 0 Å². The zero-order chi connectivity index (χ0) is 17.3. The molecule has 4 heteroatoms. The number of piperidine rings is 1. The fraction of sp³-hybridized carbons (Fsp3) is 0.350. The number of benzene rings is 1. The molecule has 0 aromatic heterocycles. The van der Waals surface area contributed by atoms with Gasteiger partial charge in [0.2, 0.25) is 0 Å². The summed E-state index contributed by atoms with van der Waals surface area (Å²) in [4.78, 5) is 14.7. The molecule has 126 valence electrons. The highest BCUT2D eigenvalue weighted by atomic mass is 19.1. The van der Waals surface area contributed by atoms with E-state index in [1.165, 1.54) is 24.3 Å². The maximum absolute atomic E-state index is 13.1. The van der Waals surface area contributed by atoms with E-state index in [0.29, 0.717) is 11.5 Å². The first kappa shape index (κ1) is 16.5. The lowest BCUT2D eigenvalue weighted by molar-refractivity contribution is -0.131. The number of hydrogen-bond donors (Lipinski definition) is 1.